The molecule has 0 saturated heterocycles. The zero-order valence-corrected chi connectivity index (χ0v) is 9.59. The molecule has 0 radical (unpaired) electrons. The average Bonchev–Trinajstić information content (AvgIpc) is 2.16. The molecule has 15 heavy (non-hydrogen) atoms. The first-order chi connectivity index (χ1) is 6.90. The molecule has 3 nitrogen and oxygen atoms in total. The summed E-state index contributed by atoms with van der Waals surface area (Å²) in [7, 11) is 1.55. The van der Waals surface area contributed by atoms with Gasteiger partial charge in [0.25, 0.3) is 0 Å². The smallest absolute Gasteiger partial charge is 0.143 e. The molecule has 0 aliphatic heterocycles. The van der Waals surface area contributed by atoms with Crippen molar-refractivity contribution in [3.05, 3.63) is 23.3 Å². The zero-order valence-electron chi connectivity index (χ0n) is 9.59. The molecule has 0 heterocycles. The van der Waals surface area contributed by atoms with E-state index < -0.39 is 0 Å². The standard InChI is InChI=1S/C12H16N2O/c1-12(2,3)9-6-10(14)11(15-4)5-8(9)7-13/h5-6H,14H2,1-4H3. The second-order valence-electron chi connectivity index (χ2n) is 4.50. The summed E-state index contributed by atoms with van der Waals surface area (Å²) < 4.78 is 5.08. The number of ether oxygens (including phenoxy) is 1. The normalized spacial score (nSPS) is 10.9. The van der Waals surface area contributed by atoms with E-state index in [1.165, 1.54) is 0 Å². The number of nitrogens with zero attached hydrogens (tertiary/aromatic N) is 1. The van der Waals surface area contributed by atoms with Gasteiger partial charge in [-0.15, -0.1) is 0 Å². The lowest BCUT2D eigenvalue weighted by molar-refractivity contribution is 0.416. The van der Waals surface area contributed by atoms with Gasteiger partial charge in [0.2, 0.25) is 0 Å². The maximum absolute atomic E-state index is 9.05. The summed E-state index contributed by atoms with van der Waals surface area (Å²) in [5.41, 5.74) is 7.86. The molecule has 1 aromatic carbocycles. The highest BCUT2D eigenvalue weighted by molar-refractivity contribution is 5.60. The number of rotatable bonds is 1. The van der Waals surface area contributed by atoms with E-state index in [2.05, 4.69) is 26.8 Å². The molecule has 80 valence electrons. The zero-order chi connectivity index (χ0) is 11.6. The van der Waals surface area contributed by atoms with Crippen LogP contribution in [-0.4, -0.2) is 7.11 Å². The van der Waals surface area contributed by atoms with Crippen LogP contribution in [0.4, 0.5) is 5.69 Å². The van der Waals surface area contributed by atoms with Crippen molar-refractivity contribution in [1.82, 2.24) is 0 Å². The van der Waals surface area contributed by atoms with Gasteiger partial charge in [0.1, 0.15) is 5.75 Å². The molecular formula is C12H16N2O. The number of nitrogen functional groups attached to an aromatic ring is 1. The molecular weight excluding hydrogens is 188 g/mol. The Kier molecular flexibility index (Phi) is 2.90. The topological polar surface area (TPSA) is 59.0 Å². The second kappa shape index (κ2) is 3.82. The average molecular weight is 204 g/mol. The maximum atomic E-state index is 9.05. The van der Waals surface area contributed by atoms with E-state index in [0.29, 0.717) is 17.0 Å². The molecule has 1 aromatic rings. The fraction of sp³-hybridized carbons (Fsp3) is 0.417. The molecule has 0 unspecified atom stereocenters. The van der Waals surface area contributed by atoms with Crippen molar-refractivity contribution in [2.75, 3.05) is 12.8 Å². The Labute approximate surface area is 90.5 Å². The molecule has 0 atom stereocenters. The van der Waals surface area contributed by atoms with Crippen LogP contribution in [0, 0.1) is 11.3 Å². The highest BCUT2D eigenvalue weighted by atomic mass is 16.5. The summed E-state index contributed by atoms with van der Waals surface area (Å²) in [6.07, 6.45) is 0. The number of nitriles is 1. The minimum Gasteiger partial charge on any atom is -0.495 e. The van der Waals surface area contributed by atoms with Gasteiger partial charge < -0.3 is 10.5 Å². The minimum atomic E-state index is -0.0918. The van der Waals surface area contributed by atoms with Crippen molar-refractivity contribution in [1.29, 1.82) is 5.26 Å². The molecule has 0 spiro atoms. The van der Waals surface area contributed by atoms with Crippen molar-refractivity contribution in [2.24, 2.45) is 0 Å². The van der Waals surface area contributed by atoms with Crippen molar-refractivity contribution in [2.45, 2.75) is 26.2 Å². The second-order valence-corrected chi connectivity index (χ2v) is 4.50. The lowest BCUT2D eigenvalue weighted by Crippen LogP contribution is -2.14. The molecule has 0 amide bonds. The molecule has 0 fully saturated rings. The number of hydrogen-bond donors (Lipinski definition) is 1. The van der Waals surface area contributed by atoms with Crippen LogP contribution in [0.3, 0.4) is 0 Å². The molecule has 0 bridgehead atoms. The van der Waals surface area contributed by atoms with Gasteiger partial charge >= 0.3 is 0 Å². The van der Waals surface area contributed by atoms with Crippen LogP contribution in [0.2, 0.25) is 0 Å². The lowest BCUT2D eigenvalue weighted by atomic mass is 9.83. The van der Waals surface area contributed by atoms with E-state index in [4.69, 9.17) is 15.7 Å². The van der Waals surface area contributed by atoms with Gasteiger partial charge in [-0.1, -0.05) is 20.8 Å². The SMILES string of the molecule is COc1cc(C#N)c(C(C)(C)C)cc1N. The van der Waals surface area contributed by atoms with Gasteiger partial charge in [-0.25, -0.2) is 0 Å². The van der Waals surface area contributed by atoms with Gasteiger partial charge in [0, 0.05) is 6.07 Å². The fourth-order valence-electron chi connectivity index (χ4n) is 1.49. The summed E-state index contributed by atoms with van der Waals surface area (Å²) in [4.78, 5) is 0. The highest BCUT2D eigenvalue weighted by Crippen LogP contribution is 2.32. The Morgan fingerprint density at radius 2 is 1.93 bits per heavy atom. The van der Waals surface area contributed by atoms with Crippen LogP contribution in [0.1, 0.15) is 31.9 Å². The Hall–Kier alpha value is -1.69. The molecule has 0 aliphatic carbocycles. The first kappa shape index (κ1) is 11.4. The summed E-state index contributed by atoms with van der Waals surface area (Å²) in [5.74, 6) is 0.555. The number of benzene rings is 1. The Morgan fingerprint density at radius 1 is 1.33 bits per heavy atom. The largest absolute Gasteiger partial charge is 0.495 e. The van der Waals surface area contributed by atoms with E-state index in [0.717, 1.165) is 5.56 Å². The van der Waals surface area contributed by atoms with E-state index in [1.807, 2.05) is 6.07 Å². The third-order valence-corrected chi connectivity index (χ3v) is 2.30. The third-order valence-electron chi connectivity index (χ3n) is 2.30. The van der Waals surface area contributed by atoms with Gasteiger partial charge in [0.05, 0.1) is 24.4 Å². The maximum Gasteiger partial charge on any atom is 0.143 e. The number of methoxy groups -OCH3 is 1. The van der Waals surface area contributed by atoms with Crippen LogP contribution in [0.5, 0.6) is 5.75 Å². The van der Waals surface area contributed by atoms with Crippen molar-refractivity contribution < 1.29 is 4.74 Å². The van der Waals surface area contributed by atoms with Gasteiger partial charge in [0.15, 0.2) is 0 Å². The van der Waals surface area contributed by atoms with E-state index in [-0.39, 0.29) is 5.41 Å². The molecule has 0 saturated carbocycles. The van der Waals surface area contributed by atoms with Crippen molar-refractivity contribution in [3.63, 3.8) is 0 Å². The Bertz CT molecular complexity index is 411. The van der Waals surface area contributed by atoms with Crippen LogP contribution >= 0.6 is 0 Å². The summed E-state index contributed by atoms with van der Waals surface area (Å²) >= 11 is 0. The molecule has 0 aliphatic rings. The third kappa shape index (κ3) is 2.21. The molecule has 2 N–H and O–H groups in total. The lowest BCUT2D eigenvalue weighted by Gasteiger charge is -2.21. The predicted octanol–water partition coefficient (Wildman–Crippen LogP) is 2.45. The number of nitrogens with two attached hydrogens (primary N) is 1. The first-order valence-electron chi connectivity index (χ1n) is 4.78. The first-order valence-corrected chi connectivity index (χ1v) is 4.78. The van der Waals surface area contributed by atoms with Crippen LogP contribution in [0.25, 0.3) is 0 Å². The van der Waals surface area contributed by atoms with Gasteiger partial charge in [-0.05, 0) is 17.0 Å². The summed E-state index contributed by atoms with van der Waals surface area (Å²) in [6.45, 7) is 6.15. The molecule has 0 aromatic heterocycles. The number of hydrogen-bond acceptors (Lipinski definition) is 3. The van der Waals surface area contributed by atoms with Crippen molar-refractivity contribution >= 4 is 5.69 Å². The van der Waals surface area contributed by atoms with Crippen LogP contribution in [0.15, 0.2) is 12.1 Å². The van der Waals surface area contributed by atoms with Crippen molar-refractivity contribution in [3.8, 4) is 11.8 Å². The van der Waals surface area contributed by atoms with E-state index in [1.54, 1.807) is 13.2 Å². The van der Waals surface area contributed by atoms with Crippen LogP contribution in [-0.2, 0) is 5.41 Å². The predicted molar refractivity (Wildman–Crippen MR) is 60.8 cm³/mol. The highest BCUT2D eigenvalue weighted by Gasteiger charge is 2.19. The monoisotopic (exact) mass is 204 g/mol. The summed E-state index contributed by atoms with van der Waals surface area (Å²) in [6, 6.07) is 5.68. The summed E-state index contributed by atoms with van der Waals surface area (Å²) in [5, 5.41) is 9.05. The minimum absolute atomic E-state index is 0.0918. The Balaban J connectivity index is 3.43. The van der Waals surface area contributed by atoms with Gasteiger partial charge in [-0.3, -0.25) is 0 Å². The van der Waals surface area contributed by atoms with Crippen LogP contribution < -0.4 is 10.5 Å². The Morgan fingerprint density at radius 3 is 2.33 bits per heavy atom. The molecule has 3 heteroatoms. The van der Waals surface area contributed by atoms with Gasteiger partial charge in [-0.2, -0.15) is 5.26 Å². The van der Waals surface area contributed by atoms with E-state index in [9.17, 15) is 0 Å². The quantitative estimate of drug-likeness (QED) is 0.715. The van der Waals surface area contributed by atoms with E-state index >= 15 is 0 Å². The fourth-order valence-corrected chi connectivity index (χ4v) is 1.49. The molecule has 1 rings (SSSR count). The number of anilines is 1.